The van der Waals surface area contributed by atoms with Gasteiger partial charge in [-0.15, -0.1) is 0 Å². The fourth-order valence-corrected chi connectivity index (χ4v) is 2.30. The third-order valence-electron chi connectivity index (χ3n) is 2.83. The summed E-state index contributed by atoms with van der Waals surface area (Å²) < 4.78 is 5.78. The highest BCUT2D eigenvalue weighted by Gasteiger charge is 2.32. The summed E-state index contributed by atoms with van der Waals surface area (Å²) in [6, 6.07) is 6.08. The van der Waals surface area contributed by atoms with Crippen molar-refractivity contribution < 1.29 is 4.74 Å². The minimum atomic E-state index is -0.194. The Labute approximate surface area is 101 Å². The van der Waals surface area contributed by atoms with Crippen molar-refractivity contribution in [1.82, 2.24) is 0 Å². The Bertz CT molecular complexity index is 474. The zero-order chi connectivity index (χ0) is 11.9. The second-order valence-corrected chi connectivity index (χ2v) is 5.29. The molecule has 1 aromatic carbocycles. The standard InChI is InChI=1S/C13H14ClNO/c1-8(7-15)9-4-10-6-13(2,3)16-12(10)11(14)5-9/h4-5,8H,6H2,1-3H3/t8-/m1/s1. The summed E-state index contributed by atoms with van der Waals surface area (Å²) in [6.07, 6.45) is 0.841. The number of nitriles is 1. The number of rotatable bonds is 1. The molecule has 0 amide bonds. The van der Waals surface area contributed by atoms with Gasteiger partial charge in [-0.2, -0.15) is 5.26 Å². The molecule has 0 aromatic heterocycles. The van der Waals surface area contributed by atoms with Crippen molar-refractivity contribution in [1.29, 1.82) is 5.26 Å². The molecule has 0 spiro atoms. The lowest BCUT2D eigenvalue weighted by Crippen LogP contribution is -2.24. The minimum absolute atomic E-state index is 0.133. The zero-order valence-electron chi connectivity index (χ0n) is 9.67. The number of fused-ring (bicyclic) bond motifs is 1. The van der Waals surface area contributed by atoms with Crippen LogP contribution < -0.4 is 4.74 Å². The number of hydrogen-bond donors (Lipinski definition) is 0. The first-order valence-electron chi connectivity index (χ1n) is 5.34. The molecule has 0 saturated carbocycles. The monoisotopic (exact) mass is 235 g/mol. The Hall–Kier alpha value is -1.20. The highest BCUT2D eigenvalue weighted by molar-refractivity contribution is 6.32. The second-order valence-electron chi connectivity index (χ2n) is 4.88. The number of ether oxygens (including phenoxy) is 1. The van der Waals surface area contributed by atoms with E-state index in [1.165, 1.54) is 0 Å². The molecule has 0 saturated heterocycles. The van der Waals surface area contributed by atoms with E-state index in [1.807, 2.05) is 32.9 Å². The molecule has 16 heavy (non-hydrogen) atoms. The van der Waals surface area contributed by atoms with Gasteiger partial charge in [0.2, 0.25) is 0 Å². The van der Waals surface area contributed by atoms with E-state index in [4.69, 9.17) is 21.6 Å². The van der Waals surface area contributed by atoms with Crippen molar-refractivity contribution in [2.45, 2.75) is 38.7 Å². The molecule has 0 aliphatic carbocycles. The third-order valence-corrected chi connectivity index (χ3v) is 3.11. The fraction of sp³-hybridized carbons (Fsp3) is 0.462. The minimum Gasteiger partial charge on any atom is -0.486 e. The molecule has 3 heteroatoms. The Morgan fingerprint density at radius 1 is 1.50 bits per heavy atom. The maximum absolute atomic E-state index is 8.91. The number of hydrogen-bond acceptors (Lipinski definition) is 2. The maximum atomic E-state index is 8.91. The van der Waals surface area contributed by atoms with Gasteiger partial charge in [0.15, 0.2) is 0 Å². The lowest BCUT2D eigenvalue weighted by atomic mass is 9.96. The summed E-state index contributed by atoms with van der Waals surface area (Å²) in [5.74, 6) is 0.645. The fourth-order valence-electron chi connectivity index (χ4n) is 2.01. The average Bonchev–Trinajstić information content (AvgIpc) is 2.52. The van der Waals surface area contributed by atoms with E-state index < -0.39 is 0 Å². The van der Waals surface area contributed by atoms with Crippen LogP contribution in [0.15, 0.2) is 12.1 Å². The largest absolute Gasteiger partial charge is 0.486 e. The van der Waals surface area contributed by atoms with Gasteiger partial charge < -0.3 is 4.74 Å². The van der Waals surface area contributed by atoms with Crippen LogP contribution in [-0.2, 0) is 6.42 Å². The smallest absolute Gasteiger partial charge is 0.142 e. The predicted molar refractivity (Wildman–Crippen MR) is 63.9 cm³/mol. The molecule has 1 aliphatic heterocycles. The zero-order valence-corrected chi connectivity index (χ0v) is 10.4. The van der Waals surface area contributed by atoms with Crippen molar-refractivity contribution in [3.63, 3.8) is 0 Å². The van der Waals surface area contributed by atoms with E-state index in [9.17, 15) is 0 Å². The molecule has 0 radical (unpaired) electrons. The van der Waals surface area contributed by atoms with Crippen LogP contribution in [0, 0.1) is 11.3 Å². The van der Waals surface area contributed by atoms with Gasteiger partial charge >= 0.3 is 0 Å². The van der Waals surface area contributed by atoms with Gasteiger partial charge in [-0.1, -0.05) is 17.7 Å². The van der Waals surface area contributed by atoms with Gasteiger partial charge in [0.25, 0.3) is 0 Å². The van der Waals surface area contributed by atoms with Crippen LogP contribution in [-0.4, -0.2) is 5.60 Å². The first-order chi connectivity index (χ1) is 7.43. The third kappa shape index (κ3) is 1.88. The number of halogens is 1. The molecular weight excluding hydrogens is 222 g/mol. The lowest BCUT2D eigenvalue weighted by Gasteiger charge is -2.17. The highest BCUT2D eigenvalue weighted by Crippen LogP contribution is 2.41. The molecule has 0 fully saturated rings. The van der Waals surface area contributed by atoms with Crippen LogP contribution in [0.1, 0.15) is 37.8 Å². The highest BCUT2D eigenvalue weighted by atomic mass is 35.5. The first kappa shape index (κ1) is 11.3. The topological polar surface area (TPSA) is 33.0 Å². The average molecular weight is 236 g/mol. The van der Waals surface area contributed by atoms with Crippen molar-refractivity contribution in [3.05, 3.63) is 28.3 Å². The number of benzene rings is 1. The Kier molecular flexibility index (Phi) is 2.59. The van der Waals surface area contributed by atoms with Crippen LogP contribution >= 0.6 is 11.6 Å². The summed E-state index contributed by atoms with van der Waals surface area (Å²) in [6.45, 7) is 5.95. The molecule has 0 N–H and O–H groups in total. The van der Waals surface area contributed by atoms with Crippen molar-refractivity contribution in [3.8, 4) is 11.8 Å². The van der Waals surface area contributed by atoms with Gasteiger partial charge in [0, 0.05) is 6.42 Å². The van der Waals surface area contributed by atoms with E-state index in [-0.39, 0.29) is 11.5 Å². The SMILES string of the molecule is C[C@H](C#N)c1cc(Cl)c2c(c1)CC(C)(C)O2. The summed E-state index contributed by atoms with van der Waals surface area (Å²) >= 11 is 6.17. The molecule has 0 unspecified atom stereocenters. The van der Waals surface area contributed by atoms with Gasteiger partial charge in [-0.05, 0) is 38.0 Å². The molecule has 2 rings (SSSR count). The lowest BCUT2D eigenvalue weighted by molar-refractivity contribution is 0.138. The van der Waals surface area contributed by atoms with Gasteiger partial charge in [-0.3, -0.25) is 0 Å². The van der Waals surface area contributed by atoms with Gasteiger partial charge in [0.1, 0.15) is 11.4 Å². The molecular formula is C13H14ClNO. The maximum Gasteiger partial charge on any atom is 0.142 e. The molecule has 1 aromatic rings. The molecule has 1 heterocycles. The molecule has 1 aliphatic rings. The van der Waals surface area contributed by atoms with Crippen molar-refractivity contribution >= 4 is 11.6 Å². The van der Waals surface area contributed by atoms with Crippen LogP contribution in [0.4, 0.5) is 0 Å². The van der Waals surface area contributed by atoms with E-state index >= 15 is 0 Å². The van der Waals surface area contributed by atoms with Gasteiger partial charge in [-0.25, -0.2) is 0 Å². The van der Waals surface area contributed by atoms with E-state index in [0.29, 0.717) is 5.02 Å². The van der Waals surface area contributed by atoms with Crippen LogP contribution in [0.25, 0.3) is 0 Å². The number of nitrogens with zero attached hydrogens (tertiary/aromatic N) is 1. The van der Waals surface area contributed by atoms with E-state index in [2.05, 4.69) is 6.07 Å². The summed E-state index contributed by atoms with van der Waals surface area (Å²) in [5, 5.41) is 9.52. The summed E-state index contributed by atoms with van der Waals surface area (Å²) in [5.41, 5.74) is 1.88. The van der Waals surface area contributed by atoms with Crippen LogP contribution in [0.5, 0.6) is 5.75 Å². The normalized spacial score (nSPS) is 18.4. The molecule has 2 nitrogen and oxygen atoms in total. The Balaban J connectivity index is 2.47. The first-order valence-corrected chi connectivity index (χ1v) is 5.72. The van der Waals surface area contributed by atoms with Crippen molar-refractivity contribution in [2.75, 3.05) is 0 Å². The van der Waals surface area contributed by atoms with E-state index in [1.54, 1.807) is 0 Å². The summed E-state index contributed by atoms with van der Waals surface area (Å²) in [7, 11) is 0. The molecule has 84 valence electrons. The Morgan fingerprint density at radius 3 is 2.81 bits per heavy atom. The predicted octanol–water partition coefficient (Wildman–Crippen LogP) is 3.68. The Morgan fingerprint density at radius 2 is 2.19 bits per heavy atom. The summed E-state index contributed by atoms with van der Waals surface area (Å²) in [4.78, 5) is 0. The van der Waals surface area contributed by atoms with Gasteiger partial charge in [0.05, 0.1) is 17.0 Å². The van der Waals surface area contributed by atoms with Crippen molar-refractivity contribution in [2.24, 2.45) is 0 Å². The van der Waals surface area contributed by atoms with Crippen LogP contribution in [0.3, 0.4) is 0 Å². The molecule has 0 bridgehead atoms. The quantitative estimate of drug-likeness (QED) is 0.744. The van der Waals surface area contributed by atoms with E-state index in [0.717, 1.165) is 23.3 Å². The second kappa shape index (κ2) is 3.68. The van der Waals surface area contributed by atoms with Crippen LogP contribution in [0.2, 0.25) is 5.02 Å². The molecule has 1 atom stereocenters.